The first-order valence-corrected chi connectivity index (χ1v) is 5.47. The Morgan fingerprint density at radius 1 is 1.38 bits per heavy atom. The van der Waals surface area contributed by atoms with E-state index in [2.05, 4.69) is 10.1 Å². The van der Waals surface area contributed by atoms with Gasteiger partial charge in [-0.05, 0) is 25.0 Å². The van der Waals surface area contributed by atoms with Gasteiger partial charge in [0.2, 0.25) is 0 Å². The molecule has 84 valence electrons. The maximum absolute atomic E-state index is 5.99. The molecule has 1 fully saturated rings. The van der Waals surface area contributed by atoms with E-state index in [9.17, 15) is 0 Å². The van der Waals surface area contributed by atoms with Crippen molar-refractivity contribution in [2.24, 2.45) is 5.73 Å². The van der Waals surface area contributed by atoms with Crippen molar-refractivity contribution in [1.29, 1.82) is 0 Å². The average Bonchev–Trinajstić information content (AvgIpc) is 2.96. The Kier molecular flexibility index (Phi) is 2.25. The maximum Gasteiger partial charge on any atom is 0.293 e. The van der Waals surface area contributed by atoms with E-state index < -0.39 is 0 Å². The maximum atomic E-state index is 5.99. The Morgan fingerprint density at radius 3 is 3.00 bits per heavy atom. The van der Waals surface area contributed by atoms with Crippen LogP contribution in [0.25, 0.3) is 11.7 Å². The van der Waals surface area contributed by atoms with E-state index in [0.717, 1.165) is 19.3 Å². The largest absolute Gasteiger partial charge is 0.459 e. The summed E-state index contributed by atoms with van der Waals surface area (Å²) in [6.07, 6.45) is 4.80. The molecule has 0 bridgehead atoms. The standard InChI is InChI=1S/C11H13N3O2/c12-8-4-1-3-7(8)10-13-11(16-14-10)9-5-2-6-15-9/h2,5-8H,1,3-4,12H2/t7-,8+/m1/s1. The van der Waals surface area contributed by atoms with Crippen molar-refractivity contribution in [3.63, 3.8) is 0 Å². The Bertz CT molecular complexity index is 463. The summed E-state index contributed by atoms with van der Waals surface area (Å²) in [5.41, 5.74) is 5.99. The van der Waals surface area contributed by atoms with E-state index in [1.807, 2.05) is 0 Å². The van der Waals surface area contributed by atoms with Crippen molar-refractivity contribution < 1.29 is 8.94 Å². The number of nitrogens with two attached hydrogens (primary N) is 1. The van der Waals surface area contributed by atoms with Gasteiger partial charge in [-0.15, -0.1) is 0 Å². The van der Waals surface area contributed by atoms with Gasteiger partial charge in [0.25, 0.3) is 5.89 Å². The normalized spacial score (nSPS) is 25.1. The summed E-state index contributed by atoms with van der Waals surface area (Å²) in [6, 6.07) is 3.74. The number of furan rings is 1. The van der Waals surface area contributed by atoms with Gasteiger partial charge in [0.15, 0.2) is 11.6 Å². The monoisotopic (exact) mass is 219 g/mol. The van der Waals surface area contributed by atoms with Gasteiger partial charge in [-0.25, -0.2) is 0 Å². The highest BCUT2D eigenvalue weighted by atomic mass is 16.5. The fraction of sp³-hybridized carbons (Fsp3) is 0.455. The summed E-state index contributed by atoms with van der Waals surface area (Å²) in [5.74, 6) is 1.97. The van der Waals surface area contributed by atoms with Crippen LogP contribution < -0.4 is 5.73 Å². The quantitative estimate of drug-likeness (QED) is 0.834. The highest BCUT2D eigenvalue weighted by molar-refractivity contribution is 5.43. The molecule has 0 aliphatic heterocycles. The highest BCUT2D eigenvalue weighted by Crippen LogP contribution is 2.32. The van der Waals surface area contributed by atoms with Crippen LogP contribution in [0.4, 0.5) is 0 Å². The van der Waals surface area contributed by atoms with E-state index in [4.69, 9.17) is 14.7 Å². The summed E-state index contributed by atoms with van der Waals surface area (Å²) in [6.45, 7) is 0. The van der Waals surface area contributed by atoms with Crippen LogP contribution in [-0.2, 0) is 0 Å². The van der Waals surface area contributed by atoms with Crippen LogP contribution in [0.2, 0.25) is 0 Å². The van der Waals surface area contributed by atoms with Crippen molar-refractivity contribution >= 4 is 0 Å². The lowest BCUT2D eigenvalue weighted by molar-refractivity contribution is 0.401. The van der Waals surface area contributed by atoms with Crippen molar-refractivity contribution in [1.82, 2.24) is 10.1 Å². The van der Waals surface area contributed by atoms with Crippen molar-refractivity contribution in [3.05, 3.63) is 24.2 Å². The van der Waals surface area contributed by atoms with Crippen LogP contribution in [0.1, 0.15) is 31.0 Å². The van der Waals surface area contributed by atoms with Crippen LogP contribution in [0.5, 0.6) is 0 Å². The van der Waals surface area contributed by atoms with Crippen LogP contribution in [-0.4, -0.2) is 16.2 Å². The van der Waals surface area contributed by atoms with E-state index >= 15 is 0 Å². The molecule has 5 nitrogen and oxygen atoms in total. The van der Waals surface area contributed by atoms with Gasteiger partial charge >= 0.3 is 0 Å². The van der Waals surface area contributed by atoms with Gasteiger partial charge in [-0.3, -0.25) is 0 Å². The molecule has 3 rings (SSSR count). The van der Waals surface area contributed by atoms with Gasteiger partial charge in [0.1, 0.15) is 0 Å². The zero-order chi connectivity index (χ0) is 11.0. The first-order valence-electron chi connectivity index (χ1n) is 5.47. The Morgan fingerprint density at radius 2 is 2.31 bits per heavy atom. The van der Waals surface area contributed by atoms with E-state index in [1.54, 1.807) is 18.4 Å². The molecule has 1 saturated carbocycles. The lowest BCUT2D eigenvalue weighted by atomic mass is 10.0. The summed E-state index contributed by atoms with van der Waals surface area (Å²) < 4.78 is 10.4. The first-order chi connectivity index (χ1) is 7.84. The molecule has 1 aliphatic carbocycles. The lowest BCUT2D eigenvalue weighted by Crippen LogP contribution is -2.23. The second-order valence-electron chi connectivity index (χ2n) is 4.14. The minimum atomic E-state index is 0.155. The lowest BCUT2D eigenvalue weighted by Gasteiger charge is -2.09. The zero-order valence-electron chi connectivity index (χ0n) is 8.80. The van der Waals surface area contributed by atoms with E-state index in [1.165, 1.54) is 0 Å². The first kappa shape index (κ1) is 9.59. The molecule has 0 unspecified atom stereocenters. The molecule has 0 spiro atoms. The Hall–Kier alpha value is -1.62. The third-order valence-corrected chi connectivity index (χ3v) is 3.07. The third kappa shape index (κ3) is 1.53. The van der Waals surface area contributed by atoms with Gasteiger partial charge in [-0.2, -0.15) is 4.98 Å². The predicted molar refractivity (Wildman–Crippen MR) is 56.6 cm³/mol. The SMILES string of the molecule is N[C@H]1CCC[C@H]1c1noc(-c2ccco2)n1. The molecule has 2 atom stereocenters. The van der Waals surface area contributed by atoms with Crippen molar-refractivity contribution in [2.45, 2.75) is 31.2 Å². The molecule has 2 N–H and O–H groups in total. The molecule has 0 saturated heterocycles. The van der Waals surface area contributed by atoms with Crippen LogP contribution in [0, 0.1) is 0 Å². The Balaban J connectivity index is 1.88. The molecule has 2 heterocycles. The predicted octanol–water partition coefficient (Wildman–Crippen LogP) is 1.92. The molecule has 16 heavy (non-hydrogen) atoms. The number of rotatable bonds is 2. The number of nitrogens with zero attached hydrogens (tertiary/aromatic N) is 2. The topological polar surface area (TPSA) is 78.1 Å². The molecule has 0 amide bonds. The second-order valence-corrected chi connectivity index (χ2v) is 4.14. The second kappa shape index (κ2) is 3.75. The van der Waals surface area contributed by atoms with Gasteiger partial charge in [0, 0.05) is 12.0 Å². The molecule has 1 aliphatic rings. The average molecular weight is 219 g/mol. The van der Waals surface area contributed by atoms with Crippen LogP contribution in [0.15, 0.2) is 27.3 Å². The van der Waals surface area contributed by atoms with Gasteiger partial charge < -0.3 is 14.7 Å². The molecular weight excluding hydrogens is 206 g/mol. The fourth-order valence-electron chi connectivity index (χ4n) is 2.20. The van der Waals surface area contributed by atoms with Crippen LogP contribution >= 0.6 is 0 Å². The highest BCUT2D eigenvalue weighted by Gasteiger charge is 2.29. The molecule has 5 heteroatoms. The van der Waals surface area contributed by atoms with E-state index in [-0.39, 0.29) is 12.0 Å². The number of aromatic nitrogens is 2. The number of hydrogen-bond acceptors (Lipinski definition) is 5. The summed E-state index contributed by atoms with van der Waals surface area (Å²) >= 11 is 0. The third-order valence-electron chi connectivity index (χ3n) is 3.07. The zero-order valence-corrected chi connectivity index (χ0v) is 8.80. The number of hydrogen-bond donors (Lipinski definition) is 1. The molecular formula is C11H13N3O2. The van der Waals surface area contributed by atoms with Gasteiger partial charge in [0.05, 0.1) is 6.26 Å². The van der Waals surface area contributed by atoms with Crippen molar-refractivity contribution in [3.8, 4) is 11.7 Å². The molecule has 2 aromatic heterocycles. The summed E-state index contributed by atoms with van der Waals surface area (Å²) in [7, 11) is 0. The smallest absolute Gasteiger partial charge is 0.293 e. The summed E-state index contributed by atoms with van der Waals surface area (Å²) in [5, 5.41) is 3.98. The van der Waals surface area contributed by atoms with E-state index in [0.29, 0.717) is 17.5 Å². The molecule has 2 aromatic rings. The van der Waals surface area contributed by atoms with Gasteiger partial charge in [-0.1, -0.05) is 11.6 Å². The molecule has 0 radical (unpaired) electrons. The fourth-order valence-corrected chi connectivity index (χ4v) is 2.20. The minimum absolute atomic E-state index is 0.155. The summed E-state index contributed by atoms with van der Waals surface area (Å²) in [4.78, 5) is 4.33. The Labute approximate surface area is 92.6 Å². The minimum Gasteiger partial charge on any atom is -0.459 e. The van der Waals surface area contributed by atoms with Crippen LogP contribution in [0.3, 0.4) is 0 Å². The van der Waals surface area contributed by atoms with Crippen molar-refractivity contribution in [2.75, 3.05) is 0 Å². The molecule has 0 aromatic carbocycles.